The van der Waals surface area contributed by atoms with Gasteiger partial charge in [0, 0.05) is 43.7 Å². The molecule has 0 bridgehead atoms. The zero-order chi connectivity index (χ0) is 21.5. The number of benzene rings is 1. The number of carbonyl (C=O) groups is 1. The summed E-state index contributed by atoms with van der Waals surface area (Å²) in [6.07, 6.45) is 11.2. The zero-order valence-corrected chi connectivity index (χ0v) is 17.6. The minimum atomic E-state index is -0.172. The Kier molecular flexibility index (Phi) is 6.74. The molecule has 0 radical (unpaired) electrons. The summed E-state index contributed by atoms with van der Waals surface area (Å²) >= 11 is 0. The van der Waals surface area contributed by atoms with Gasteiger partial charge in [-0.25, -0.2) is 4.68 Å². The predicted octanol–water partition coefficient (Wildman–Crippen LogP) is 3.89. The highest BCUT2D eigenvalue weighted by molar-refractivity contribution is 6.03. The molecule has 1 fully saturated rings. The molecular formula is C24H27N5O2. The van der Waals surface area contributed by atoms with E-state index in [1.807, 2.05) is 28.9 Å². The van der Waals surface area contributed by atoms with Gasteiger partial charge >= 0.3 is 0 Å². The fourth-order valence-corrected chi connectivity index (χ4v) is 3.87. The average molecular weight is 418 g/mol. The molecule has 1 aliphatic heterocycles. The Labute approximate surface area is 182 Å². The number of likely N-dealkylation sites (tertiary alicyclic amines) is 1. The molecule has 7 heteroatoms. The Morgan fingerprint density at radius 2 is 2.00 bits per heavy atom. The van der Waals surface area contributed by atoms with Crippen molar-refractivity contribution in [3.63, 3.8) is 0 Å². The minimum absolute atomic E-state index is 0.172. The molecule has 3 aromatic rings. The summed E-state index contributed by atoms with van der Waals surface area (Å²) in [6.45, 7) is 2.86. The Morgan fingerprint density at radius 1 is 1.16 bits per heavy atom. The van der Waals surface area contributed by atoms with Crippen molar-refractivity contribution in [2.75, 3.05) is 32.1 Å². The summed E-state index contributed by atoms with van der Waals surface area (Å²) < 4.78 is 7.34. The minimum Gasteiger partial charge on any atom is -0.496 e. The van der Waals surface area contributed by atoms with Crippen molar-refractivity contribution in [2.45, 2.75) is 18.9 Å². The number of piperidine rings is 1. The van der Waals surface area contributed by atoms with Crippen LogP contribution in [-0.4, -0.2) is 52.3 Å². The Hall–Kier alpha value is -3.45. The fourth-order valence-electron chi connectivity index (χ4n) is 3.87. The molecular weight excluding hydrogens is 390 g/mol. The molecule has 0 atom stereocenters. The van der Waals surface area contributed by atoms with Crippen molar-refractivity contribution < 1.29 is 9.53 Å². The van der Waals surface area contributed by atoms with Crippen LogP contribution in [0.5, 0.6) is 5.75 Å². The van der Waals surface area contributed by atoms with Crippen LogP contribution in [0, 0.1) is 0 Å². The number of rotatable bonds is 7. The normalized spacial score (nSPS) is 15.3. The molecule has 1 amide bonds. The molecule has 0 saturated carbocycles. The van der Waals surface area contributed by atoms with E-state index in [-0.39, 0.29) is 11.9 Å². The second-order valence-electron chi connectivity index (χ2n) is 7.53. The molecule has 160 valence electrons. The van der Waals surface area contributed by atoms with Crippen LogP contribution in [0.25, 0.3) is 6.08 Å². The van der Waals surface area contributed by atoms with E-state index in [0.29, 0.717) is 5.56 Å². The number of para-hydroxylation sites is 1. The van der Waals surface area contributed by atoms with Crippen LogP contribution >= 0.6 is 0 Å². The number of nitrogens with one attached hydrogen (secondary N) is 1. The first-order valence-corrected chi connectivity index (χ1v) is 10.5. The maximum atomic E-state index is 12.5. The van der Waals surface area contributed by atoms with Gasteiger partial charge in [0.15, 0.2) is 0 Å². The summed E-state index contributed by atoms with van der Waals surface area (Å²) in [5, 5.41) is 7.44. The second-order valence-corrected chi connectivity index (χ2v) is 7.53. The number of pyridine rings is 1. The van der Waals surface area contributed by atoms with Gasteiger partial charge in [0.05, 0.1) is 24.9 Å². The summed E-state index contributed by atoms with van der Waals surface area (Å²) in [5.41, 5.74) is 1.62. The molecule has 2 aromatic heterocycles. The molecule has 31 heavy (non-hydrogen) atoms. The van der Waals surface area contributed by atoms with Gasteiger partial charge in [-0.3, -0.25) is 14.7 Å². The lowest BCUT2D eigenvalue weighted by Gasteiger charge is -2.32. The quantitative estimate of drug-likeness (QED) is 0.631. The molecule has 1 N–H and O–H groups in total. The number of ether oxygens (including phenoxy) is 1. The number of hydrogen-bond donors (Lipinski definition) is 1. The summed E-state index contributed by atoms with van der Waals surface area (Å²) in [7, 11) is 1.69. The van der Waals surface area contributed by atoms with Crippen LogP contribution in [0.2, 0.25) is 0 Å². The number of carbonyl (C=O) groups excluding carboxylic acids is 1. The van der Waals surface area contributed by atoms with Gasteiger partial charge in [-0.2, -0.15) is 5.10 Å². The van der Waals surface area contributed by atoms with Crippen molar-refractivity contribution in [1.82, 2.24) is 19.7 Å². The highest BCUT2D eigenvalue weighted by atomic mass is 16.5. The number of amides is 1. The zero-order valence-electron chi connectivity index (χ0n) is 17.6. The van der Waals surface area contributed by atoms with Gasteiger partial charge in [-0.15, -0.1) is 0 Å². The van der Waals surface area contributed by atoms with Gasteiger partial charge in [-0.1, -0.05) is 30.4 Å². The topological polar surface area (TPSA) is 72.3 Å². The first kappa shape index (κ1) is 20.8. The smallest absolute Gasteiger partial charge is 0.258 e. The van der Waals surface area contributed by atoms with E-state index in [4.69, 9.17) is 4.74 Å². The lowest BCUT2D eigenvalue weighted by atomic mass is 10.1. The molecule has 3 heterocycles. The molecule has 7 nitrogen and oxygen atoms in total. The SMILES string of the molecule is COc1ccccc1C=CCN1CCC(n2nccc2NC(=O)c2cccnc2)CC1. The third-order valence-electron chi connectivity index (χ3n) is 5.54. The standard InChI is InChI=1S/C24H27N5O2/c1-31-22-9-3-2-6-19(22)8-5-15-28-16-11-21(12-17-28)29-23(10-14-26-29)27-24(30)20-7-4-13-25-18-20/h2-10,13-14,18,21H,11-12,15-17H2,1H3,(H,27,30). The largest absolute Gasteiger partial charge is 0.496 e. The van der Waals surface area contributed by atoms with Crippen LogP contribution in [0.1, 0.15) is 34.8 Å². The van der Waals surface area contributed by atoms with E-state index in [9.17, 15) is 4.79 Å². The first-order valence-electron chi connectivity index (χ1n) is 10.5. The van der Waals surface area contributed by atoms with Crippen LogP contribution < -0.4 is 10.1 Å². The van der Waals surface area contributed by atoms with E-state index in [1.54, 1.807) is 37.8 Å². The van der Waals surface area contributed by atoms with E-state index in [0.717, 1.165) is 49.6 Å². The van der Waals surface area contributed by atoms with Gasteiger partial charge in [-0.05, 0) is 31.0 Å². The summed E-state index contributed by atoms with van der Waals surface area (Å²) in [4.78, 5) is 18.9. The predicted molar refractivity (Wildman–Crippen MR) is 121 cm³/mol. The van der Waals surface area contributed by atoms with Crippen LogP contribution in [0.15, 0.2) is 67.1 Å². The second kappa shape index (κ2) is 10.0. The number of nitrogens with zero attached hydrogens (tertiary/aromatic N) is 4. The number of aromatic nitrogens is 3. The molecule has 0 unspecified atom stereocenters. The van der Waals surface area contributed by atoms with Crippen molar-refractivity contribution in [3.05, 3.63) is 78.3 Å². The monoisotopic (exact) mass is 417 g/mol. The van der Waals surface area contributed by atoms with Gasteiger partial charge in [0.1, 0.15) is 11.6 Å². The molecule has 1 aliphatic rings. The van der Waals surface area contributed by atoms with E-state index >= 15 is 0 Å². The fraction of sp³-hybridized carbons (Fsp3) is 0.292. The van der Waals surface area contributed by atoms with Crippen LogP contribution in [0.3, 0.4) is 0 Å². The molecule has 1 aromatic carbocycles. The highest BCUT2D eigenvalue weighted by Gasteiger charge is 2.22. The Morgan fingerprint density at radius 3 is 2.77 bits per heavy atom. The molecule has 0 aliphatic carbocycles. The van der Waals surface area contributed by atoms with Crippen molar-refractivity contribution in [2.24, 2.45) is 0 Å². The van der Waals surface area contributed by atoms with Gasteiger partial charge in [0.2, 0.25) is 0 Å². The Balaban J connectivity index is 1.31. The highest BCUT2D eigenvalue weighted by Crippen LogP contribution is 2.26. The Bertz CT molecular complexity index is 1020. The van der Waals surface area contributed by atoms with Crippen molar-refractivity contribution >= 4 is 17.8 Å². The number of hydrogen-bond acceptors (Lipinski definition) is 5. The lowest BCUT2D eigenvalue weighted by molar-refractivity contribution is 0.102. The molecule has 0 spiro atoms. The summed E-state index contributed by atoms with van der Waals surface area (Å²) in [6, 6.07) is 13.6. The van der Waals surface area contributed by atoms with Crippen molar-refractivity contribution in [1.29, 1.82) is 0 Å². The van der Waals surface area contributed by atoms with Gasteiger partial charge in [0.25, 0.3) is 5.91 Å². The third kappa shape index (κ3) is 5.19. The summed E-state index contributed by atoms with van der Waals surface area (Å²) in [5.74, 6) is 1.44. The van der Waals surface area contributed by atoms with Crippen molar-refractivity contribution in [3.8, 4) is 5.75 Å². The molecule has 1 saturated heterocycles. The van der Waals surface area contributed by atoms with Crippen LogP contribution in [-0.2, 0) is 0 Å². The van der Waals surface area contributed by atoms with E-state index in [2.05, 4.69) is 38.5 Å². The van der Waals surface area contributed by atoms with Gasteiger partial charge < -0.3 is 10.1 Å². The van der Waals surface area contributed by atoms with Crippen LogP contribution in [0.4, 0.5) is 5.82 Å². The number of anilines is 1. The van der Waals surface area contributed by atoms with E-state index in [1.165, 1.54) is 0 Å². The lowest BCUT2D eigenvalue weighted by Crippen LogP contribution is -2.35. The maximum absolute atomic E-state index is 12.5. The maximum Gasteiger partial charge on any atom is 0.258 e. The first-order chi connectivity index (χ1) is 15.2. The third-order valence-corrected chi connectivity index (χ3v) is 5.54. The van der Waals surface area contributed by atoms with E-state index < -0.39 is 0 Å². The number of methoxy groups -OCH3 is 1. The average Bonchev–Trinajstić information content (AvgIpc) is 3.28. The molecule has 4 rings (SSSR count).